The van der Waals surface area contributed by atoms with Crippen molar-refractivity contribution in [1.82, 2.24) is 14.8 Å². The first kappa shape index (κ1) is 38.7. The van der Waals surface area contributed by atoms with E-state index in [0.29, 0.717) is 25.1 Å². The fraction of sp³-hybridized carbons (Fsp3) is 0.462. The number of carboxylic acids is 1. The van der Waals surface area contributed by atoms with Crippen molar-refractivity contribution in [2.24, 2.45) is 17.8 Å². The minimum atomic E-state index is -4.84. The molecule has 1 aromatic heterocycles. The highest BCUT2D eigenvalue weighted by Crippen LogP contribution is 2.39. The number of benzene rings is 2. The Bertz CT molecular complexity index is 1950. The summed E-state index contributed by atoms with van der Waals surface area (Å²) in [7, 11) is 0. The van der Waals surface area contributed by atoms with Gasteiger partial charge >= 0.3 is 12.1 Å². The van der Waals surface area contributed by atoms with Crippen molar-refractivity contribution in [1.29, 1.82) is 0 Å². The van der Waals surface area contributed by atoms with Crippen LogP contribution in [0.1, 0.15) is 85.0 Å². The third-order valence-electron chi connectivity index (χ3n) is 9.76. The maximum atomic E-state index is 16.5. The second kappa shape index (κ2) is 15.2. The van der Waals surface area contributed by atoms with E-state index in [0.717, 1.165) is 48.3 Å². The number of halogens is 6. The van der Waals surface area contributed by atoms with Crippen LogP contribution in [-0.4, -0.2) is 46.1 Å². The van der Waals surface area contributed by atoms with Crippen LogP contribution < -0.4 is 10.9 Å². The van der Waals surface area contributed by atoms with Crippen LogP contribution in [0.2, 0.25) is 0 Å². The lowest BCUT2D eigenvalue weighted by molar-refractivity contribution is -0.139. The first-order valence-corrected chi connectivity index (χ1v) is 17.2. The molecule has 1 amide bonds. The van der Waals surface area contributed by atoms with Crippen LogP contribution in [0.15, 0.2) is 35.3 Å². The van der Waals surface area contributed by atoms with Crippen molar-refractivity contribution in [3.8, 4) is 23.5 Å². The van der Waals surface area contributed by atoms with Gasteiger partial charge in [0.05, 0.1) is 23.6 Å². The van der Waals surface area contributed by atoms with Gasteiger partial charge in [-0.3, -0.25) is 14.4 Å². The normalized spacial score (nSPS) is 16.3. The van der Waals surface area contributed by atoms with Crippen LogP contribution in [0.5, 0.6) is 0 Å². The van der Waals surface area contributed by atoms with Gasteiger partial charge in [0.1, 0.15) is 23.5 Å². The lowest BCUT2D eigenvalue weighted by Crippen LogP contribution is -2.48. The molecular weight excluding hydrogens is 688 g/mol. The number of terminal acetylenes is 1. The molecule has 0 radical (unpaired) electrons. The molecule has 52 heavy (non-hydrogen) atoms. The molecule has 2 N–H and O–H groups in total. The number of pyridine rings is 1. The summed E-state index contributed by atoms with van der Waals surface area (Å²) in [6, 6.07) is 0.433. The number of hydrogen-bond donors (Lipinski definition) is 2. The number of carboxylic acid groups (broad SMARTS) is 1. The molecule has 1 saturated heterocycles. The molecule has 2 aliphatic rings. The molecule has 2 unspecified atom stereocenters. The minimum Gasteiger partial charge on any atom is -0.481 e. The van der Waals surface area contributed by atoms with Gasteiger partial charge in [-0.2, -0.15) is 13.2 Å². The molecular formula is C39H41F6N3O4. The molecule has 1 aliphatic carbocycles. The van der Waals surface area contributed by atoms with Crippen LogP contribution in [0.25, 0.3) is 11.1 Å². The maximum Gasteiger partial charge on any atom is 0.416 e. The second-order valence-electron chi connectivity index (χ2n) is 14.6. The smallest absolute Gasteiger partial charge is 0.416 e. The summed E-state index contributed by atoms with van der Waals surface area (Å²) >= 11 is 0. The Morgan fingerprint density at radius 3 is 2.19 bits per heavy atom. The topological polar surface area (TPSA) is 91.6 Å². The van der Waals surface area contributed by atoms with Gasteiger partial charge in [0.15, 0.2) is 0 Å². The predicted octanol–water partition coefficient (Wildman–Crippen LogP) is 7.35. The summed E-state index contributed by atoms with van der Waals surface area (Å²) in [6.07, 6.45) is 2.93. The molecule has 7 nitrogen and oxygen atoms in total. The molecule has 5 rings (SSSR count). The summed E-state index contributed by atoms with van der Waals surface area (Å²) in [5.74, 6) is -3.40. The van der Waals surface area contributed by atoms with Crippen molar-refractivity contribution >= 4 is 11.9 Å². The van der Waals surface area contributed by atoms with E-state index in [-0.39, 0.29) is 52.5 Å². The highest BCUT2D eigenvalue weighted by atomic mass is 19.4. The van der Waals surface area contributed by atoms with Gasteiger partial charge in [0.2, 0.25) is 5.91 Å². The minimum absolute atomic E-state index is 0.00818. The zero-order valence-corrected chi connectivity index (χ0v) is 29.3. The number of aromatic nitrogens is 1. The highest BCUT2D eigenvalue weighted by molar-refractivity contribution is 5.82. The molecule has 2 aromatic carbocycles. The van der Waals surface area contributed by atoms with Crippen molar-refractivity contribution in [2.75, 3.05) is 19.6 Å². The van der Waals surface area contributed by atoms with E-state index in [1.54, 1.807) is 13.8 Å². The third kappa shape index (κ3) is 8.55. The van der Waals surface area contributed by atoms with E-state index in [1.165, 1.54) is 13.8 Å². The first-order chi connectivity index (χ1) is 24.4. The van der Waals surface area contributed by atoms with E-state index in [9.17, 15) is 37.1 Å². The highest BCUT2D eigenvalue weighted by Gasteiger charge is 2.39. The van der Waals surface area contributed by atoms with E-state index in [4.69, 9.17) is 6.42 Å². The van der Waals surface area contributed by atoms with Crippen LogP contribution in [0.3, 0.4) is 0 Å². The summed E-state index contributed by atoms with van der Waals surface area (Å²) in [6.45, 7) is 8.53. The SMILES string of the molecule is C#Cc1cc(-c2c(C)cc(F)cc2C)c(F)c(C(CC(=O)O)NC(=O)C(CC(C)C)n2cc(CC3CN(CC4CC4)C3)c(C(F)(F)F)cc2=O)c1F. The standard InChI is InChI=1S/C39H41F6N3O4/c1-6-25-13-28(34-21(4)10-27(40)11-22(34)5)37(42)35(36(25)41)30(15-33(50)51)46-38(52)31(9-20(2)3)48-19-26(29(14-32(48)49)39(43,44)45)12-24-17-47(18-24)16-23-7-8-23/h1,10-11,13-14,19-20,23-24,30-31H,7-9,12,15-18H2,2-5H3,(H,46,52)(H,50,51). The Morgan fingerprint density at radius 2 is 1.65 bits per heavy atom. The number of nitrogens with zero attached hydrogens (tertiary/aromatic N) is 2. The van der Waals surface area contributed by atoms with Gasteiger partial charge in [-0.15, -0.1) is 6.42 Å². The average Bonchev–Trinajstić information content (AvgIpc) is 3.83. The second-order valence-corrected chi connectivity index (χ2v) is 14.6. The molecule has 0 bridgehead atoms. The number of aliphatic carboxylic acids is 1. The number of nitrogens with one attached hydrogen (secondary N) is 1. The molecule has 1 aliphatic heterocycles. The molecule has 2 heterocycles. The fourth-order valence-electron chi connectivity index (χ4n) is 7.24. The van der Waals surface area contributed by atoms with Crippen molar-refractivity contribution < 1.29 is 41.0 Å². The van der Waals surface area contributed by atoms with Crippen LogP contribution in [-0.2, 0) is 22.2 Å². The predicted molar refractivity (Wildman–Crippen MR) is 183 cm³/mol. The van der Waals surface area contributed by atoms with Crippen molar-refractivity contribution in [3.05, 3.63) is 91.6 Å². The number of aryl methyl sites for hydroxylation is 2. The van der Waals surface area contributed by atoms with Crippen LogP contribution in [0, 0.1) is 61.4 Å². The summed E-state index contributed by atoms with van der Waals surface area (Å²) in [5.41, 5.74) is -3.21. The van der Waals surface area contributed by atoms with E-state index >= 15 is 8.78 Å². The fourth-order valence-corrected chi connectivity index (χ4v) is 7.24. The van der Waals surface area contributed by atoms with E-state index < -0.39 is 76.3 Å². The number of carbonyl (C=O) groups excluding carboxylic acids is 1. The molecule has 2 atom stereocenters. The number of likely N-dealkylation sites (tertiary alicyclic amines) is 1. The molecule has 2 fully saturated rings. The number of rotatable bonds is 13. The Balaban J connectivity index is 1.55. The Hall–Kier alpha value is -4.57. The number of carbonyl (C=O) groups is 2. The lowest BCUT2D eigenvalue weighted by atomic mass is 9.89. The number of amides is 1. The van der Waals surface area contributed by atoms with Gasteiger partial charge in [-0.25, -0.2) is 13.2 Å². The Morgan fingerprint density at radius 1 is 1.02 bits per heavy atom. The van der Waals surface area contributed by atoms with Gasteiger partial charge in [0.25, 0.3) is 5.56 Å². The molecule has 1 saturated carbocycles. The zero-order valence-electron chi connectivity index (χ0n) is 29.3. The van der Waals surface area contributed by atoms with Gasteiger partial charge in [-0.1, -0.05) is 19.8 Å². The Labute approximate surface area is 298 Å². The largest absolute Gasteiger partial charge is 0.481 e. The van der Waals surface area contributed by atoms with Crippen LogP contribution >= 0.6 is 0 Å². The molecule has 3 aromatic rings. The maximum absolute atomic E-state index is 16.5. The van der Waals surface area contributed by atoms with Crippen molar-refractivity contribution in [3.63, 3.8) is 0 Å². The van der Waals surface area contributed by atoms with Gasteiger partial charge < -0.3 is 19.9 Å². The third-order valence-corrected chi connectivity index (χ3v) is 9.76. The summed E-state index contributed by atoms with van der Waals surface area (Å²) < 4.78 is 90.1. The number of hydrogen-bond acceptors (Lipinski definition) is 4. The Kier molecular flexibility index (Phi) is 11.3. The zero-order chi connectivity index (χ0) is 38.2. The average molecular weight is 730 g/mol. The lowest BCUT2D eigenvalue weighted by Gasteiger charge is -2.40. The van der Waals surface area contributed by atoms with E-state index in [2.05, 4.69) is 16.1 Å². The van der Waals surface area contributed by atoms with E-state index in [1.807, 2.05) is 0 Å². The molecule has 13 heteroatoms. The summed E-state index contributed by atoms with van der Waals surface area (Å²) in [4.78, 5) is 41.7. The van der Waals surface area contributed by atoms with Gasteiger partial charge in [0, 0.05) is 43.0 Å². The quantitative estimate of drug-likeness (QED) is 0.142. The van der Waals surface area contributed by atoms with Gasteiger partial charge in [-0.05, 0) is 97.7 Å². The van der Waals surface area contributed by atoms with Crippen LogP contribution in [0.4, 0.5) is 26.3 Å². The first-order valence-electron chi connectivity index (χ1n) is 17.2. The van der Waals surface area contributed by atoms with Crippen molar-refractivity contribution in [2.45, 2.75) is 78.1 Å². The monoisotopic (exact) mass is 729 g/mol. The molecule has 278 valence electrons. The summed E-state index contributed by atoms with van der Waals surface area (Å²) in [5, 5.41) is 12.2. The molecule has 0 spiro atoms. The number of alkyl halides is 3.